The van der Waals surface area contributed by atoms with Crippen LogP contribution in [0.1, 0.15) is 10.4 Å². The number of nitrogens with one attached hydrogen (secondary N) is 3. The first-order valence-electron chi connectivity index (χ1n) is 7.11. The van der Waals surface area contributed by atoms with Gasteiger partial charge in [-0.3, -0.25) is 4.79 Å². The molecule has 0 aliphatic heterocycles. The Hall–Kier alpha value is -0.760. The molecule has 0 spiro atoms. The van der Waals surface area contributed by atoms with Gasteiger partial charge < -0.3 is 16.0 Å². The second kappa shape index (κ2) is 9.44. The average Bonchev–Trinajstić information content (AvgIpc) is 2.55. The van der Waals surface area contributed by atoms with Crippen LogP contribution in [0.25, 0.3) is 0 Å². The fraction of sp³-hybridized carbons (Fsp3) is 0.125. The Morgan fingerprint density at radius 1 is 1.08 bits per heavy atom. The quantitative estimate of drug-likeness (QED) is 0.285. The maximum atomic E-state index is 12.4. The van der Waals surface area contributed by atoms with Crippen LogP contribution in [0, 0.1) is 0 Å². The highest BCUT2D eigenvalue weighted by Gasteiger charge is 2.34. The minimum Gasteiger partial charge on any atom is -0.339 e. The van der Waals surface area contributed by atoms with Crippen molar-refractivity contribution in [3.05, 3.63) is 63.6 Å². The first-order chi connectivity index (χ1) is 12.1. The first kappa shape index (κ1) is 21.5. The molecular formula is C16H12BrCl4N3OS. The van der Waals surface area contributed by atoms with Crippen molar-refractivity contribution >= 4 is 91.3 Å². The van der Waals surface area contributed by atoms with Crippen molar-refractivity contribution in [1.29, 1.82) is 0 Å². The zero-order chi connectivity index (χ0) is 19.3. The molecule has 3 N–H and O–H groups in total. The van der Waals surface area contributed by atoms with Gasteiger partial charge in [-0.15, -0.1) is 0 Å². The van der Waals surface area contributed by atoms with Gasteiger partial charge in [0, 0.05) is 20.7 Å². The third kappa shape index (κ3) is 6.76. The van der Waals surface area contributed by atoms with Crippen molar-refractivity contribution < 1.29 is 4.79 Å². The smallest absolute Gasteiger partial charge is 0.253 e. The zero-order valence-electron chi connectivity index (χ0n) is 12.9. The SMILES string of the molecule is O=C(NC(NC(=S)Nc1ccc(Br)cc1)C(Cl)(Cl)Cl)c1cccc(Cl)c1. The Kier molecular flexibility index (Phi) is 7.82. The molecule has 2 aromatic rings. The normalized spacial score (nSPS) is 12.2. The predicted molar refractivity (Wildman–Crippen MR) is 116 cm³/mol. The number of carbonyl (C=O) groups is 1. The van der Waals surface area contributed by atoms with E-state index in [9.17, 15) is 4.79 Å². The number of benzene rings is 2. The van der Waals surface area contributed by atoms with E-state index >= 15 is 0 Å². The summed E-state index contributed by atoms with van der Waals surface area (Å²) >= 11 is 32.4. The highest BCUT2D eigenvalue weighted by molar-refractivity contribution is 9.10. The van der Waals surface area contributed by atoms with E-state index in [1.54, 1.807) is 18.2 Å². The number of alkyl halides is 3. The van der Waals surface area contributed by atoms with E-state index in [1.807, 2.05) is 24.3 Å². The Bertz CT molecular complexity index is 799. The number of carbonyl (C=O) groups excluding carboxylic acids is 1. The second-order valence-corrected chi connectivity index (χ2v) is 9.19. The van der Waals surface area contributed by atoms with Gasteiger partial charge >= 0.3 is 0 Å². The maximum Gasteiger partial charge on any atom is 0.253 e. The highest BCUT2D eigenvalue weighted by atomic mass is 79.9. The van der Waals surface area contributed by atoms with Crippen molar-refractivity contribution in [2.24, 2.45) is 0 Å². The van der Waals surface area contributed by atoms with Gasteiger partial charge in [-0.05, 0) is 54.7 Å². The van der Waals surface area contributed by atoms with Gasteiger partial charge in [0.1, 0.15) is 6.17 Å². The predicted octanol–water partition coefficient (Wildman–Crippen LogP) is 5.52. The Labute approximate surface area is 184 Å². The molecule has 26 heavy (non-hydrogen) atoms. The number of anilines is 1. The molecule has 1 amide bonds. The molecule has 0 aliphatic carbocycles. The van der Waals surface area contributed by atoms with Crippen LogP contribution in [0.15, 0.2) is 53.0 Å². The van der Waals surface area contributed by atoms with E-state index in [2.05, 4.69) is 31.9 Å². The Morgan fingerprint density at radius 2 is 1.73 bits per heavy atom. The van der Waals surface area contributed by atoms with Crippen molar-refractivity contribution in [3.8, 4) is 0 Å². The van der Waals surface area contributed by atoms with E-state index in [-0.39, 0.29) is 5.11 Å². The Morgan fingerprint density at radius 3 is 2.31 bits per heavy atom. The zero-order valence-corrected chi connectivity index (χ0v) is 18.3. The van der Waals surface area contributed by atoms with E-state index in [4.69, 9.17) is 58.6 Å². The summed E-state index contributed by atoms with van der Waals surface area (Å²) in [6.07, 6.45) is -1.07. The van der Waals surface area contributed by atoms with Crippen LogP contribution in [0.3, 0.4) is 0 Å². The van der Waals surface area contributed by atoms with Crippen molar-refractivity contribution in [2.45, 2.75) is 9.96 Å². The topological polar surface area (TPSA) is 53.2 Å². The van der Waals surface area contributed by atoms with Crippen LogP contribution in [0.2, 0.25) is 5.02 Å². The number of rotatable bonds is 4. The van der Waals surface area contributed by atoms with Gasteiger partial charge in [-0.25, -0.2) is 0 Å². The first-order valence-corrected chi connectivity index (χ1v) is 9.83. The molecule has 0 saturated heterocycles. The average molecular weight is 516 g/mol. The molecule has 4 nitrogen and oxygen atoms in total. The molecule has 0 fully saturated rings. The number of hydrogen-bond acceptors (Lipinski definition) is 2. The van der Waals surface area contributed by atoms with Crippen LogP contribution in [0.5, 0.6) is 0 Å². The van der Waals surface area contributed by atoms with Gasteiger partial charge in [0.25, 0.3) is 5.91 Å². The number of hydrogen-bond donors (Lipinski definition) is 3. The van der Waals surface area contributed by atoms with E-state index < -0.39 is 15.9 Å². The molecule has 0 radical (unpaired) electrons. The van der Waals surface area contributed by atoms with Crippen molar-refractivity contribution in [3.63, 3.8) is 0 Å². The lowest BCUT2D eigenvalue weighted by molar-refractivity contribution is 0.0934. The molecule has 0 heterocycles. The van der Waals surface area contributed by atoms with E-state index in [0.717, 1.165) is 10.2 Å². The van der Waals surface area contributed by atoms with Crippen molar-refractivity contribution in [1.82, 2.24) is 10.6 Å². The van der Waals surface area contributed by atoms with Crippen LogP contribution in [-0.4, -0.2) is 21.0 Å². The van der Waals surface area contributed by atoms with Gasteiger partial charge in [0.05, 0.1) is 0 Å². The molecule has 1 atom stereocenters. The summed E-state index contributed by atoms with van der Waals surface area (Å²) in [6, 6.07) is 13.7. The second-order valence-electron chi connectivity index (χ2n) is 5.06. The monoisotopic (exact) mass is 513 g/mol. The lowest BCUT2D eigenvalue weighted by Gasteiger charge is -2.27. The summed E-state index contributed by atoms with van der Waals surface area (Å²) in [5, 5.41) is 8.91. The number of halogens is 5. The molecule has 2 aromatic carbocycles. The van der Waals surface area contributed by atoms with E-state index in [1.165, 1.54) is 6.07 Å². The van der Waals surface area contributed by atoms with Gasteiger partial charge in [0.2, 0.25) is 3.79 Å². The lowest BCUT2D eigenvalue weighted by Crippen LogP contribution is -2.56. The summed E-state index contributed by atoms with van der Waals surface area (Å²) in [6.45, 7) is 0. The van der Waals surface area contributed by atoms with Crippen LogP contribution < -0.4 is 16.0 Å². The highest BCUT2D eigenvalue weighted by Crippen LogP contribution is 2.29. The van der Waals surface area contributed by atoms with Crippen LogP contribution in [0.4, 0.5) is 5.69 Å². The molecule has 138 valence electrons. The van der Waals surface area contributed by atoms with E-state index in [0.29, 0.717) is 10.6 Å². The molecule has 0 saturated carbocycles. The summed E-state index contributed by atoms with van der Waals surface area (Å²) in [5.74, 6) is -0.470. The lowest BCUT2D eigenvalue weighted by atomic mass is 10.2. The number of thiocarbonyl (C=S) groups is 1. The van der Waals surface area contributed by atoms with Crippen molar-refractivity contribution in [2.75, 3.05) is 5.32 Å². The minimum atomic E-state index is -1.85. The fourth-order valence-electron chi connectivity index (χ4n) is 1.88. The molecule has 0 aromatic heterocycles. The molecule has 10 heteroatoms. The summed E-state index contributed by atoms with van der Waals surface area (Å²) < 4.78 is -0.922. The van der Waals surface area contributed by atoms with Crippen LogP contribution >= 0.6 is 74.6 Å². The summed E-state index contributed by atoms with van der Waals surface area (Å²) in [4.78, 5) is 12.4. The summed E-state index contributed by atoms with van der Waals surface area (Å²) in [5.41, 5.74) is 1.06. The molecule has 0 aliphatic rings. The van der Waals surface area contributed by atoms with Gasteiger partial charge in [0.15, 0.2) is 5.11 Å². The molecular weight excluding hydrogens is 504 g/mol. The number of amides is 1. The molecule has 0 bridgehead atoms. The van der Waals surface area contributed by atoms with Gasteiger partial charge in [-0.1, -0.05) is 68.4 Å². The largest absolute Gasteiger partial charge is 0.339 e. The molecule has 2 rings (SSSR count). The fourth-order valence-corrected chi connectivity index (χ4v) is 2.89. The molecule has 1 unspecified atom stereocenters. The maximum absolute atomic E-state index is 12.4. The van der Waals surface area contributed by atoms with Gasteiger partial charge in [-0.2, -0.15) is 0 Å². The third-order valence-electron chi connectivity index (χ3n) is 3.07. The van der Waals surface area contributed by atoms with Crippen LogP contribution in [-0.2, 0) is 0 Å². The minimum absolute atomic E-state index is 0.176. The third-order valence-corrected chi connectivity index (χ3v) is 4.71. The summed E-state index contributed by atoms with van der Waals surface area (Å²) in [7, 11) is 0. The Balaban J connectivity index is 2.06. The standard InChI is InChI=1S/C16H12BrCl4N3OS/c17-10-4-6-12(7-5-10)22-15(26)24-14(16(19,20)21)23-13(25)9-2-1-3-11(18)8-9/h1-8,14H,(H,23,25)(H2,22,24,26).